The van der Waals surface area contributed by atoms with E-state index in [2.05, 4.69) is 39.8 Å². The zero-order chi connectivity index (χ0) is 15.0. The van der Waals surface area contributed by atoms with Gasteiger partial charge in [0.2, 0.25) is 0 Å². The van der Waals surface area contributed by atoms with Gasteiger partial charge in [0, 0.05) is 0 Å². The van der Waals surface area contributed by atoms with Crippen molar-refractivity contribution in [2.24, 2.45) is 0 Å². The molecular formula is C16H25BO3. The van der Waals surface area contributed by atoms with Crippen molar-refractivity contribution in [2.75, 3.05) is 0 Å². The molecule has 1 heterocycles. The lowest BCUT2D eigenvalue weighted by molar-refractivity contribution is 0.00578. The van der Waals surface area contributed by atoms with Gasteiger partial charge in [-0.05, 0) is 52.6 Å². The van der Waals surface area contributed by atoms with E-state index in [1.165, 1.54) is 0 Å². The van der Waals surface area contributed by atoms with Crippen LogP contribution in [0.3, 0.4) is 0 Å². The number of hydrogen-bond acceptors (Lipinski definition) is 3. The van der Waals surface area contributed by atoms with Crippen LogP contribution in [0.1, 0.15) is 47.1 Å². The van der Waals surface area contributed by atoms with E-state index in [4.69, 9.17) is 14.0 Å². The zero-order valence-electron chi connectivity index (χ0n) is 13.4. The zero-order valence-corrected chi connectivity index (χ0v) is 13.4. The third-order valence-electron chi connectivity index (χ3n) is 4.06. The molecule has 3 nitrogen and oxygen atoms in total. The molecule has 0 amide bonds. The fraction of sp³-hybridized carbons (Fsp3) is 0.625. The van der Waals surface area contributed by atoms with E-state index in [9.17, 15) is 0 Å². The van der Waals surface area contributed by atoms with Crippen LogP contribution in [0.2, 0.25) is 0 Å². The topological polar surface area (TPSA) is 27.7 Å². The van der Waals surface area contributed by atoms with Crippen LogP contribution < -0.4 is 5.46 Å². The second-order valence-electron chi connectivity index (χ2n) is 6.69. The van der Waals surface area contributed by atoms with Crippen molar-refractivity contribution in [3.8, 4) is 0 Å². The van der Waals surface area contributed by atoms with E-state index in [0.29, 0.717) is 6.61 Å². The summed E-state index contributed by atoms with van der Waals surface area (Å²) in [6.07, 6.45) is 0.232. The molecule has 0 unspecified atom stereocenters. The molecule has 2 rings (SSSR count). The molecule has 1 saturated heterocycles. The van der Waals surface area contributed by atoms with Crippen LogP contribution in [0.5, 0.6) is 0 Å². The summed E-state index contributed by atoms with van der Waals surface area (Å²) in [4.78, 5) is 0. The van der Waals surface area contributed by atoms with Crippen molar-refractivity contribution in [1.82, 2.24) is 0 Å². The predicted molar refractivity (Wildman–Crippen MR) is 82.1 cm³/mol. The van der Waals surface area contributed by atoms with Crippen molar-refractivity contribution in [2.45, 2.75) is 65.5 Å². The normalized spacial score (nSPS) is 20.6. The Bertz CT molecular complexity index is 453. The molecule has 0 aromatic heterocycles. The summed E-state index contributed by atoms with van der Waals surface area (Å²) in [6.45, 7) is 13.0. The van der Waals surface area contributed by atoms with Crippen molar-refractivity contribution < 1.29 is 14.0 Å². The van der Waals surface area contributed by atoms with E-state index in [1.54, 1.807) is 0 Å². The molecule has 4 heteroatoms. The van der Waals surface area contributed by atoms with Crippen LogP contribution in [-0.4, -0.2) is 24.4 Å². The summed E-state index contributed by atoms with van der Waals surface area (Å²) in [5, 5.41) is 0. The van der Waals surface area contributed by atoms with E-state index in [-0.39, 0.29) is 24.4 Å². The van der Waals surface area contributed by atoms with Gasteiger partial charge in [-0.15, -0.1) is 0 Å². The molecule has 1 aliphatic heterocycles. The summed E-state index contributed by atoms with van der Waals surface area (Å²) in [6, 6.07) is 8.24. The minimum Gasteiger partial charge on any atom is -0.399 e. The molecule has 0 saturated carbocycles. The van der Waals surface area contributed by atoms with Gasteiger partial charge in [-0.25, -0.2) is 0 Å². The number of ether oxygens (including phenoxy) is 1. The summed E-state index contributed by atoms with van der Waals surface area (Å²) >= 11 is 0. The van der Waals surface area contributed by atoms with Crippen LogP contribution in [0.15, 0.2) is 24.3 Å². The lowest BCUT2D eigenvalue weighted by Gasteiger charge is -2.32. The molecular weight excluding hydrogens is 251 g/mol. The first-order valence-electron chi connectivity index (χ1n) is 7.27. The molecule has 1 aromatic carbocycles. The van der Waals surface area contributed by atoms with E-state index in [0.717, 1.165) is 11.0 Å². The van der Waals surface area contributed by atoms with Gasteiger partial charge in [-0.2, -0.15) is 0 Å². The van der Waals surface area contributed by atoms with Gasteiger partial charge in [0.05, 0.1) is 23.9 Å². The lowest BCUT2D eigenvalue weighted by atomic mass is 9.78. The van der Waals surface area contributed by atoms with E-state index >= 15 is 0 Å². The van der Waals surface area contributed by atoms with Crippen LogP contribution in [0.25, 0.3) is 0 Å². The maximum Gasteiger partial charge on any atom is 0.494 e. The van der Waals surface area contributed by atoms with Gasteiger partial charge in [-0.3, -0.25) is 0 Å². The monoisotopic (exact) mass is 276 g/mol. The first kappa shape index (κ1) is 15.6. The number of benzene rings is 1. The molecule has 0 spiro atoms. The standard InChI is InChI=1S/C16H25BO3/c1-12(2)18-11-13-8-7-9-14(10-13)17-19-15(3,4)16(5,6)20-17/h7-10,12H,11H2,1-6H3. The Kier molecular flexibility index (Phi) is 4.28. The highest BCUT2D eigenvalue weighted by Gasteiger charge is 2.51. The minimum absolute atomic E-state index is 0.232. The van der Waals surface area contributed by atoms with Gasteiger partial charge >= 0.3 is 7.12 Å². The SMILES string of the molecule is CC(C)OCc1cccc(B2OC(C)(C)C(C)(C)O2)c1. The lowest BCUT2D eigenvalue weighted by Crippen LogP contribution is -2.41. The van der Waals surface area contributed by atoms with Crippen molar-refractivity contribution in [3.05, 3.63) is 29.8 Å². The smallest absolute Gasteiger partial charge is 0.399 e. The maximum atomic E-state index is 6.07. The fourth-order valence-corrected chi connectivity index (χ4v) is 2.07. The molecule has 0 aliphatic carbocycles. The highest BCUT2D eigenvalue weighted by molar-refractivity contribution is 6.62. The Morgan fingerprint density at radius 1 is 1.10 bits per heavy atom. The molecule has 110 valence electrons. The molecule has 0 radical (unpaired) electrons. The molecule has 1 aromatic rings. The fourth-order valence-electron chi connectivity index (χ4n) is 2.07. The molecule has 20 heavy (non-hydrogen) atoms. The van der Waals surface area contributed by atoms with Crippen LogP contribution in [0, 0.1) is 0 Å². The summed E-state index contributed by atoms with van der Waals surface area (Å²) in [5.41, 5.74) is 1.59. The van der Waals surface area contributed by atoms with Crippen LogP contribution >= 0.6 is 0 Å². The molecule has 1 fully saturated rings. The van der Waals surface area contributed by atoms with Gasteiger partial charge < -0.3 is 14.0 Å². The minimum atomic E-state index is -0.306. The van der Waals surface area contributed by atoms with E-state index in [1.807, 2.05) is 26.0 Å². The number of hydrogen-bond donors (Lipinski definition) is 0. The molecule has 1 aliphatic rings. The summed E-state index contributed by atoms with van der Waals surface area (Å²) < 4.78 is 17.8. The number of rotatable bonds is 4. The Balaban J connectivity index is 2.12. The Morgan fingerprint density at radius 3 is 2.25 bits per heavy atom. The molecule has 0 atom stereocenters. The van der Waals surface area contributed by atoms with Crippen molar-refractivity contribution in [1.29, 1.82) is 0 Å². The average molecular weight is 276 g/mol. The third kappa shape index (κ3) is 3.25. The first-order valence-corrected chi connectivity index (χ1v) is 7.27. The largest absolute Gasteiger partial charge is 0.494 e. The molecule has 0 N–H and O–H groups in total. The van der Waals surface area contributed by atoms with Gasteiger partial charge in [-0.1, -0.05) is 24.3 Å². The van der Waals surface area contributed by atoms with Gasteiger partial charge in [0.25, 0.3) is 0 Å². The highest BCUT2D eigenvalue weighted by Crippen LogP contribution is 2.36. The second kappa shape index (κ2) is 5.51. The second-order valence-corrected chi connectivity index (χ2v) is 6.69. The average Bonchev–Trinajstić information content (AvgIpc) is 2.56. The maximum absolute atomic E-state index is 6.07. The third-order valence-corrected chi connectivity index (χ3v) is 4.06. The van der Waals surface area contributed by atoms with Gasteiger partial charge in [0.1, 0.15) is 0 Å². The quantitative estimate of drug-likeness (QED) is 0.791. The predicted octanol–water partition coefficient (Wildman–Crippen LogP) is 2.91. The summed E-state index contributed by atoms with van der Waals surface area (Å²) in [5.74, 6) is 0. The van der Waals surface area contributed by atoms with Crippen LogP contribution in [0.4, 0.5) is 0 Å². The van der Waals surface area contributed by atoms with E-state index < -0.39 is 0 Å². The van der Waals surface area contributed by atoms with Crippen LogP contribution in [-0.2, 0) is 20.7 Å². The van der Waals surface area contributed by atoms with Crippen molar-refractivity contribution >= 4 is 12.6 Å². The Hall–Kier alpha value is -0.835. The Morgan fingerprint density at radius 2 is 1.70 bits per heavy atom. The highest BCUT2D eigenvalue weighted by atomic mass is 16.7. The van der Waals surface area contributed by atoms with Gasteiger partial charge in [0.15, 0.2) is 0 Å². The van der Waals surface area contributed by atoms with Crippen molar-refractivity contribution in [3.63, 3.8) is 0 Å². The summed E-state index contributed by atoms with van der Waals surface area (Å²) in [7, 11) is -0.306. The Labute approximate surface area is 122 Å². The first-order chi connectivity index (χ1) is 9.21. The molecule has 0 bridgehead atoms.